The number of hydrogen-bond acceptors (Lipinski definition) is 3. The Morgan fingerprint density at radius 1 is 1.24 bits per heavy atom. The molecule has 25 heavy (non-hydrogen) atoms. The molecule has 1 aromatic carbocycles. The van der Waals surface area contributed by atoms with Gasteiger partial charge in [0.15, 0.2) is 5.82 Å². The summed E-state index contributed by atoms with van der Waals surface area (Å²) in [7, 11) is 0. The smallest absolute Gasteiger partial charge is 0.247 e. The molecule has 2 aromatic heterocycles. The zero-order valence-electron chi connectivity index (χ0n) is 13.2. The molecular formula is C16H14BrCl2N5O. The van der Waals surface area contributed by atoms with Crippen molar-refractivity contribution in [3.63, 3.8) is 0 Å². The third-order valence-corrected chi connectivity index (χ3v) is 4.69. The van der Waals surface area contributed by atoms with E-state index in [0.29, 0.717) is 26.9 Å². The van der Waals surface area contributed by atoms with Gasteiger partial charge >= 0.3 is 0 Å². The van der Waals surface area contributed by atoms with Crippen LogP contribution in [0.4, 0.5) is 5.82 Å². The fraction of sp³-hybridized carbons (Fsp3) is 0.188. The number of aromatic nitrogens is 4. The molecule has 130 valence electrons. The van der Waals surface area contributed by atoms with Crippen molar-refractivity contribution in [1.82, 2.24) is 19.6 Å². The van der Waals surface area contributed by atoms with Crippen molar-refractivity contribution in [2.45, 2.75) is 20.0 Å². The highest BCUT2D eigenvalue weighted by Gasteiger charge is 2.12. The lowest BCUT2D eigenvalue weighted by Gasteiger charge is -2.04. The summed E-state index contributed by atoms with van der Waals surface area (Å²) >= 11 is 15.4. The van der Waals surface area contributed by atoms with Gasteiger partial charge in [-0.25, -0.2) is 0 Å². The van der Waals surface area contributed by atoms with Gasteiger partial charge in [0.1, 0.15) is 6.54 Å². The maximum Gasteiger partial charge on any atom is 0.247 e. The third kappa shape index (κ3) is 4.62. The molecule has 3 aromatic rings. The highest BCUT2D eigenvalue weighted by molar-refractivity contribution is 9.10. The highest BCUT2D eigenvalue weighted by atomic mass is 79.9. The van der Waals surface area contributed by atoms with E-state index in [4.69, 9.17) is 23.2 Å². The van der Waals surface area contributed by atoms with Crippen molar-refractivity contribution in [2.24, 2.45) is 0 Å². The van der Waals surface area contributed by atoms with Gasteiger partial charge in [0, 0.05) is 12.4 Å². The van der Waals surface area contributed by atoms with E-state index in [0.717, 1.165) is 11.1 Å². The number of nitrogens with zero attached hydrogens (tertiary/aromatic N) is 4. The van der Waals surface area contributed by atoms with Crippen LogP contribution in [0.1, 0.15) is 11.1 Å². The number of carbonyl (C=O) groups is 1. The molecule has 0 aliphatic rings. The third-order valence-electron chi connectivity index (χ3n) is 3.37. The van der Waals surface area contributed by atoms with E-state index >= 15 is 0 Å². The summed E-state index contributed by atoms with van der Waals surface area (Å²) in [6.45, 7) is 2.55. The lowest BCUT2D eigenvalue weighted by atomic mass is 10.2. The fourth-order valence-corrected chi connectivity index (χ4v) is 3.00. The zero-order valence-corrected chi connectivity index (χ0v) is 16.3. The van der Waals surface area contributed by atoms with E-state index in [9.17, 15) is 4.79 Å². The van der Waals surface area contributed by atoms with Gasteiger partial charge in [-0.3, -0.25) is 14.2 Å². The van der Waals surface area contributed by atoms with Crippen LogP contribution < -0.4 is 5.32 Å². The number of amides is 1. The van der Waals surface area contributed by atoms with Crippen molar-refractivity contribution in [1.29, 1.82) is 0 Å². The molecular weight excluding hydrogens is 429 g/mol. The first-order valence-corrected chi connectivity index (χ1v) is 8.91. The van der Waals surface area contributed by atoms with Crippen LogP contribution >= 0.6 is 39.1 Å². The first kappa shape index (κ1) is 18.0. The molecule has 0 bridgehead atoms. The average molecular weight is 443 g/mol. The Kier molecular flexibility index (Phi) is 5.46. The molecule has 0 fully saturated rings. The Morgan fingerprint density at radius 3 is 2.72 bits per heavy atom. The predicted octanol–water partition coefficient (Wildman–Crippen LogP) is 4.14. The lowest BCUT2D eigenvalue weighted by molar-refractivity contribution is -0.116. The van der Waals surface area contributed by atoms with Crippen LogP contribution in [-0.4, -0.2) is 25.5 Å². The molecule has 0 radical (unpaired) electrons. The molecule has 0 saturated carbocycles. The molecule has 1 amide bonds. The normalized spacial score (nSPS) is 10.9. The monoisotopic (exact) mass is 441 g/mol. The van der Waals surface area contributed by atoms with Crippen molar-refractivity contribution >= 4 is 50.9 Å². The van der Waals surface area contributed by atoms with Crippen LogP contribution in [0, 0.1) is 6.92 Å². The van der Waals surface area contributed by atoms with Crippen LogP contribution in [0.3, 0.4) is 0 Å². The molecule has 0 unspecified atom stereocenters. The largest absolute Gasteiger partial charge is 0.307 e. The summed E-state index contributed by atoms with van der Waals surface area (Å²) in [5.74, 6) is 0.248. The predicted molar refractivity (Wildman–Crippen MR) is 101 cm³/mol. The van der Waals surface area contributed by atoms with Crippen LogP contribution in [0.2, 0.25) is 10.0 Å². The standard InChI is InChI=1S/C16H14BrCl2N5O/c1-10-5-20-23(6-10)9-15(25)21-16-12(17)8-24(22-16)7-11-2-3-13(18)14(19)4-11/h2-6,8H,7,9H2,1H3,(H,21,22,25). The first-order chi connectivity index (χ1) is 11.9. The van der Waals surface area contributed by atoms with Gasteiger partial charge in [-0.1, -0.05) is 29.3 Å². The van der Waals surface area contributed by atoms with Gasteiger partial charge < -0.3 is 5.32 Å². The molecule has 0 aliphatic heterocycles. The van der Waals surface area contributed by atoms with Crippen LogP contribution in [0.5, 0.6) is 0 Å². The van der Waals surface area contributed by atoms with E-state index in [2.05, 4.69) is 31.4 Å². The maximum atomic E-state index is 12.1. The van der Waals surface area contributed by atoms with E-state index in [1.807, 2.05) is 13.0 Å². The Hall–Kier alpha value is -1.83. The second-order valence-corrected chi connectivity index (χ2v) is 7.20. The van der Waals surface area contributed by atoms with E-state index in [1.54, 1.807) is 40.1 Å². The Bertz CT molecular complexity index is 921. The van der Waals surface area contributed by atoms with Crippen molar-refractivity contribution in [3.05, 3.63) is 62.4 Å². The Balaban J connectivity index is 1.67. The summed E-state index contributed by atoms with van der Waals surface area (Å²) in [6, 6.07) is 5.41. The molecule has 0 atom stereocenters. The molecule has 0 aliphatic carbocycles. The maximum absolute atomic E-state index is 12.1. The summed E-state index contributed by atoms with van der Waals surface area (Å²) in [4.78, 5) is 12.1. The minimum absolute atomic E-state index is 0.125. The molecule has 6 nitrogen and oxygen atoms in total. The number of benzene rings is 1. The fourth-order valence-electron chi connectivity index (χ4n) is 2.26. The van der Waals surface area contributed by atoms with E-state index in [-0.39, 0.29) is 12.5 Å². The molecule has 2 heterocycles. The molecule has 1 N–H and O–H groups in total. The van der Waals surface area contributed by atoms with Gasteiger partial charge in [-0.15, -0.1) is 0 Å². The van der Waals surface area contributed by atoms with E-state index in [1.165, 1.54) is 0 Å². The first-order valence-electron chi connectivity index (χ1n) is 7.36. The quantitative estimate of drug-likeness (QED) is 0.645. The van der Waals surface area contributed by atoms with Gasteiger partial charge in [0.2, 0.25) is 5.91 Å². The second kappa shape index (κ2) is 7.59. The number of rotatable bonds is 5. The Labute approximate surface area is 162 Å². The van der Waals surface area contributed by atoms with Gasteiger partial charge in [0.25, 0.3) is 0 Å². The Morgan fingerprint density at radius 2 is 2.04 bits per heavy atom. The number of aryl methyl sites for hydroxylation is 1. The number of halogens is 3. The molecule has 3 rings (SSSR count). The number of anilines is 1. The van der Waals surface area contributed by atoms with E-state index < -0.39 is 0 Å². The number of carbonyl (C=O) groups excluding carboxylic acids is 1. The zero-order chi connectivity index (χ0) is 18.0. The topological polar surface area (TPSA) is 64.7 Å². The second-order valence-electron chi connectivity index (χ2n) is 5.54. The molecule has 9 heteroatoms. The SMILES string of the molecule is Cc1cnn(CC(=O)Nc2nn(Cc3ccc(Cl)c(Cl)c3)cc2Br)c1. The summed E-state index contributed by atoms with van der Waals surface area (Å²) in [5, 5.41) is 12.2. The summed E-state index contributed by atoms with van der Waals surface area (Å²) < 4.78 is 3.97. The molecule has 0 spiro atoms. The van der Waals surface area contributed by atoms with Crippen molar-refractivity contribution in [2.75, 3.05) is 5.32 Å². The summed E-state index contributed by atoms with van der Waals surface area (Å²) in [6.07, 6.45) is 5.29. The van der Waals surface area contributed by atoms with Gasteiger partial charge in [-0.2, -0.15) is 10.2 Å². The van der Waals surface area contributed by atoms with Gasteiger partial charge in [-0.05, 0) is 46.1 Å². The number of nitrogens with one attached hydrogen (secondary N) is 1. The minimum atomic E-state index is -0.205. The van der Waals surface area contributed by atoms with Crippen molar-refractivity contribution < 1.29 is 4.79 Å². The minimum Gasteiger partial charge on any atom is -0.307 e. The van der Waals surface area contributed by atoms with Gasteiger partial charge in [0.05, 0.1) is 27.3 Å². The van der Waals surface area contributed by atoms with Crippen LogP contribution in [0.15, 0.2) is 41.3 Å². The lowest BCUT2D eigenvalue weighted by Crippen LogP contribution is -2.19. The van der Waals surface area contributed by atoms with Crippen molar-refractivity contribution in [3.8, 4) is 0 Å². The van der Waals surface area contributed by atoms with Crippen LogP contribution in [-0.2, 0) is 17.9 Å². The highest BCUT2D eigenvalue weighted by Crippen LogP contribution is 2.24. The number of hydrogen-bond donors (Lipinski definition) is 1. The molecule has 0 saturated heterocycles. The average Bonchev–Trinajstić information content (AvgIpc) is 3.09. The van der Waals surface area contributed by atoms with Crippen LogP contribution in [0.25, 0.3) is 0 Å². The summed E-state index contributed by atoms with van der Waals surface area (Å²) in [5.41, 5.74) is 1.95.